The Kier molecular flexibility index (Phi) is 6.08. The van der Waals surface area contributed by atoms with Crippen molar-refractivity contribution in [3.05, 3.63) is 53.6 Å². The van der Waals surface area contributed by atoms with Crippen LogP contribution in [0.5, 0.6) is 0 Å². The van der Waals surface area contributed by atoms with Crippen molar-refractivity contribution in [2.45, 2.75) is 33.6 Å². The molecule has 2 rings (SSSR count). The molecule has 0 spiro atoms. The molecule has 1 saturated heterocycles. The van der Waals surface area contributed by atoms with Gasteiger partial charge in [-0.05, 0) is 50.7 Å². The summed E-state index contributed by atoms with van der Waals surface area (Å²) < 4.78 is 5.43. The Labute approximate surface area is 133 Å². The minimum absolute atomic E-state index is 0.333. The standard InChI is InChI=1S/C19H27NO2/c1-15-4-6-19(7-5-15)16(2)12-20(13-17(3)21)14-18-8-10-22-11-9-18/h4-7,12-13,18,21H,8-11,14H2,1-3H3/b16-12+,17-13-. The molecule has 1 aromatic rings. The van der Waals surface area contributed by atoms with Crippen molar-refractivity contribution in [3.63, 3.8) is 0 Å². The minimum Gasteiger partial charge on any atom is -0.511 e. The van der Waals surface area contributed by atoms with E-state index < -0.39 is 0 Å². The lowest BCUT2D eigenvalue weighted by atomic mass is 9.99. The maximum absolute atomic E-state index is 9.64. The van der Waals surface area contributed by atoms with Gasteiger partial charge in [0.05, 0.1) is 0 Å². The van der Waals surface area contributed by atoms with E-state index in [0.717, 1.165) is 32.6 Å². The Morgan fingerprint density at radius 3 is 2.41 bits per heavy atom. The van der Waals surface area contributed by atoms with Crippen LogP contribution in [0.4, 0.5) is 0 Å². The first-order valence-corrected chi connectivity index (χ1v) is 8.01. The third kappa shape index (κ3) is 5.23. The normalized spacial score (nSPS) is 17.6. The lowest BCUT2D eigenvalue weighted by Gasteiger charge is -2.27. The van der Waals surface area contributed by atoms with Crippen LogP contribution in [-0.2, 0) is 4.74 Å². The van der Waals surface area contributed by atoms with Gasteiger partial charge < -0.3 is 14.7 Å². The van der Waals surface area contributed by atoms with E-state index in [-0.39, 0.29) is 0 Å². The number of ether oxygens (including phenoxy) is 1. The highest BCUT2D eigenvalue weighted by Crippen LogP contribution is 2.20. The molecule has 3 nitrogen and oxygen atoms in total. The van der Waals surface area contributed by atoms with Crippen LogP contribution in [0.15, 0.2) is 42.4 Å². The fraction of sp³-hybridized carbons (Fsp3) is 0.474. The highest BCUT2D eigenvalue weighted by molar-refractivity contribution is 5.63. The molecule has 1 aromatic carbocycles. The molecule has 120 valence electrons. The van der Waals surface area contributed by atoms with E-state index >= 15 is 0 Å². The number of aryl methyl sites for hydroxylation is 1. The van der Waals surface area contributed by atoms with Crippen molar-refractivity contribution in [1.29, 1.82) is 0 Å². The second-order valence-corrected chi connectivity index (χ2v) is 6.20. The SMILES string of the molecule is C/C(O)=C/N(/C=C(\C)c1ccc(C)cc1)CC1CCOCC1. The highest BCUT2D eigenvalue weighted by atomic mass is 16.5. The van der Waals surface area contributed by atoms with Crippen LogP contribution in [0, 0.1) is 12.8 Å². The average molecular weight is 301 g/mol. The molecular formula is C19H27NO2. The highest BCUT2D eigenvalue weighted by Gasteiger charge is 2.16. The first-order valence-electron chi connectivity index (χ1n) is 8.01. The predicted octanol–water partition coefficient (Wildman–Crippen LogP) is 4.50. The quantitative estimate of drug-likeness (QED) is 0.813. The molecule has 1 fully saturated rings. The first kappa shape index (κ1) is 16.6. The van der Waals surface area contributed by atoms with Crippen LogP contribution in [0.3, 0.4) is 0 Å². The van der Waals surface area contributed by atoms with Gasteiger partial charge in [0.25, 0.3) is 0 Å². The Balaban J connectivity index is 2.11. The van der Waals surface area contributed by atoms with Crippen LogP contribution in [0.25, 0.3) is 5.57 Å². The van der Waals surface area contributed by atoms with E-state index in [1.165, 1.54) is 16.7 Å². The molecule has 0 aromatic heterocycles. The number of hydrogen-bond acceptors (Lipinski definition) is 3. The van der Waals surface area contributed by atoms with Gasteiger partial charge in [0.2, 0.25) is 0 Å². The lowest BCUT2D eigenvalue weighted by molar-refractivity contribution is 0.0610. The van der Waals surface area contributed by atoms with E-state index in [1.807, 2.05) is 6.20 Å². The van der Waals surface area contributed by atoms with Crippen molar-refractivity contribution in [3.8, 4) is 0 Å². The summed E-state index contributed by atoms with van der Waals surface area (Å²) in [7, 11) is 0. The summed E-state index contributed by atoms with van der Waals surface area (Å²) in [6, 6.07) is 8.54. The third-order valence-corrected chi connectivity index (χ3v) is 4.03. The number of aliphatic hydroxyl groups excluding tert-OH is 1. The van der Waals surface area contributed by atoms with E-state index in [2.05, 4.69) is 49.2 Å². The summed E-state index contributed by atoms with van der Waals surface area (Å²) in [6.45, 7) is 8.54. The number of aliphatic hydroxyl groups is 1. The van der Waals surface area contributed by atoms with Crippen molar-refractivity contribution < 1.29 is 9.84 Å². The van der Waals surface area contributed by atoms with Gasteiger partial charge in [-0.25, -0.2) is 0 Å². The van der Waals surface area contributed by atoms with Crippen molar-refractivity contribution in [2.24, 2.45) is 5.92 Å². The average Bonchev–Trinajstić information content (AvgIpc) is 2.48. The first-order chi connectivity index (χ1) is 10.5. The van der Waals surface area contributed by atoms with Crippen LogP contribution >= 0.6 is 0 Å². The van der Waals surface area contributed by atoms with Crippen molar-refractivity contribution >= 4 is 5.57 Å². The van der Waals surface area contributed by atoms with Crippen LogP contribution in [0.2, 0.25) is 0 Å². The zero-order chi connectivity index (χ0) is 15.9. The Hall–Kier alpha value is -1.74. The zero-order valence-corrected chi connectivity index (χ0v) is 13.9. The van der Waals surface area contributed by atoms with E-state index in [1.54, 1.807) is 6.92 Å². The van der Waals surface area contributed by atoms with E-state index in [9.17, 15) is 5.11 Å². The lowest BCUT2D eigenvalue weighted by Crippen LogP contribution is -2.26. The van der Waals surface area contributed by atoms with Gasteiger partial charge in [0.15, 0.2) is 0 Å². The molecule has 0 bridgehead atoms. The summed E-state index contributed by atoms with van der Waals surface area (Å²) in [4.78, 5) is 2.11. The second-order valence-electron chi connectivity index (χ2n) is 6.20. The maximum atomic E-state index is 9.64. The molecular weight excluding hydrogens is 274 g/mol. The van der Waals surface area contributed by atoms with Gasteiger partial charge in [0, 0.05) is 32.2 Å². The molecule has 1 aliphatic rings. The molecule has 0 atom stereocenters. The van der Waals surface area contributed by atoms with Crippen molar-refractivity contribution in [2.75, 3.05) is 19.8 Å². The summed E-state index contributed by atoms with van der Waals surface area (Å²) in [6.07, 6.45) is 6.12. The summed E-state index contributed by atoms with van der Waals surface area (Å²) in [5.74, 6) is 0.950. The minimum atomic E-state index is 0.333. The molecule has 0 radical (unpaired) electrons. The van der Waals surface area contributed by atoms with Crippen molar-refractivity contribution in [1.82, 2.24) is 4.90 Å². The molecule has 0 amide bonds. The molecule has 0 saturated carbocycles. The number of allylic oxidation sites excluding steroid dienone is 2. The number of rotatable bonds is 5. The molecule has 1 N–H and O–H groups in total. The summed E-state index contributed by atoms with van der Waals surface area (Å²) in [5.41, 5.74) is 3.68. The van der Waals surface area contributed by atoms with Gasteiger partial charge in [-0.1, -0.05) is 29.8 Å². The van der Waals surface area contributed by atoms with Gasteiger partial charge in [-0.15, -0.1) is 0 Å². The second kappa shape index (κ2) is 8.04. The van der Waals surface area contributed by atoms with Gasteiger partial charge in [0.1, 0.15) is 5.76 Å². The number of hydrogen-bond donors (Lipinski definition) is 1. The molecule has 1 aliphatic heterocycles. The van der Waals surface area contributed by atoms with Crippen LogP contribution in [0.1, 0.15) is 37.8 Å². The smallest absolute Gasteiger partial charge is 0.105 e. The zero-order valence-electron chi connectivity index (χ0n) is 13.9. The number of nitrogens with zero attached hydrogens (tertiary/aromatic N) is 1. The number of benzene rings is 1. The fourth-order valence-electron chi connectivity index (χ4n) is 2.75. The maximum Gasteiger partial charge on any atom is 0.105 e. The predicted molar refractivity (Wildman–Crippen MR) is 91.5 cm³/mol. The van der Waals surface area contributed by atoms with Gasteiger partial charge >= 0.3 is 0 Å². The van der Waals surface area contributed by atoms with Gasteiger partial charge in [-0.2, -0.15) is 0 Å². The molecule has 22 heavy (non-hydrogen) atoms. The topological polar surface area (TPSA) is 32.7 Å². The summed E-state index contributed by atoms with van der Waals surface area (Å²) in [5, 5.41) is 9.64. The Morgan fingerprint density at radius 2 is 1.82 bits per heavy atom. The van der Waals surface area contributed by atoms with Crippen LogP contribution < -0.4 is 0 Å². The monoisotopic (exact) mass is 301 g/mol. The van der Waals surface area contributed by atoms with Gasteiger partial charge in [-0.3, -0.25) is 0 Å². The Bertz CT molecular complexity index is 521. The Morgan fingerprint density at radius 1 is 1.18 bits per heavy atom. The molecule has 1 heterocycles. The third-order valence-electron chi connectivity index (χ3n) is 4.03. The van der Waals surface area contributed by atoms with E-state index in [4.69, 9.17) is 4.74 Å². The molecule has 0 unspecified atom stereocenters. The summed E-state index contributed by atoms with van der Waals surface area (Å²) >= 11 is 0. The molecule has 3 heteroatoms. The largest absolute Gasteiger partial charge is 0.511 e. The fourth-order valence-corrected chi connectivity index (χ4v) is 2.75. The van der Waals surface area contributed by atoms with Crippen LogP contribution in [-0.4, -0.2) is 29.8 Å². The van der Waals surface area contributed by atoms with E-state index in [0.29, 0.717) is 11.7 Å². The molecule has 0 aliphatic carbocycles.